The van der Waals surface area contributed by atoms with E-state index >= 15 is 0 Å². The maximum Gasteiger partial charge on any atom is 0.240 e. The maximum absolute atomic E-state index is 13.6. The number of nitrogens with two attached hydrogens (primary N) is 1. The molecule has 4 nitrogen and oxygen atoms in total. The second kappa shape index (κ2) is 7.73. The average Bonchev–Trinajstić information content (AvgIpc) is 2.95. The predicted molar refractivity (Wildman–Crippen MR) is 88.2 cm³/mol. The molecule has 1 unspecified atom stereocenters. The van der Waals surface area contributed by atoms with Crippen molar-refractivity contribution in [3.05, 3.63) is 29.1 Å². The van der Waals surface area contributed by atoms with Crippen molar-refractivity contribution in [2.75, 3.05) is 6.54 Å². The van der Waals surface area contributed by atoms with Crippen molar-refractivity contribution in [2.45, 2.75) is 50.5 Å². The van der Waals surface area contributed by atoms with Crippen molar-refractivity contribution in [2.24, 2.45) is 11.7 Å². The fourth-order valence-electron chi connectivity index (χ4n) is 3.03. The van der Waals surface area contributed by atoms with Crippen molar-refractivity contribution >= 4 is 22.4 Å². The first-order valence-corrected chi connectivity index (χ1v) is 8.82. The van der Waals surface area contributed by atoms with Gasteiger partial charge in [-0.1, -0.05) is 12.8 Å². The Labute approximate surface area is 138 Å². The molecule has 1 aromatic rings. The van der Waals surface area contributed by atoms with Crippen LogP contribution in [-0.2, 0) is 10.0 Å². The summed E-state index contributed by atoms with van der Waals surface area (Å²) in [4.78, 5) is 0.107. The molecule has 0 aliphatic heterocycles. The van der Waals surface area contributed by atoms with Gasteiger partial charge in [-0.25, -0.2) is 17.5 Å². The molecule has 1 fully saturated rings. The zero-order valence-electron chi connectivity index (χ0n) is 12.9. The molecule has 0 amide bonds. The minimum atomic E-state index is -3.67. The Morgan fingerprint density at radius 1 is 1.27 bits per heavy atom. The fourth-order valence-corrected chi connectivity index (χ4v) is 4.51. The van der Waals surface area contributed by atoms with Crippen LogP contribution < -0.4 is 10.5 Å². The number of rotatable bonds is 5. The summed E-state index contributed by atoms with van der Waals surface area (Å²) in [6.07, 6.45) is 4.26. The van der Waals surface area contributed by atoms with Gasteiger partial charge < -0.3 is 5.73 Å². The third-order valence-electron chi connectivity index (χ3n) is 4.25. The zero-order chi connectivity index (χ0) is 15.6. The lowest BCUT2D eigenvalue weighted by atomic mass is 9.99. The summed E-state index contributed by atoms with van der Waals surface area (Å²) in [5, 5.41) is 0. The molecule has 22 heavy (non-hydrogen) atoms. The van der Waals surface area contributed by atoms with Gasteiger partial charge in [0.05, 0.1) is 4.90 Å². The molecule has 1 aliphatic carbocycles. The van der Waals surface area contributed by atoms with Crippen LogP contribution in [0.4, 0.5) is 4.39 Å². The lowest BCUT2D eigenvalue weighted by Crippen LogP contribution is -2.44. The van der Waals surface area contributed by atoms with Crippen molar-refractivity contribution < 1.29 is 12.8 Å². The van der Waals surface area contributed by atoms with Crippen LogP contribution in [0.1, 0.15) is 36.8 Å². The topological polar surface area (TPSA) is 72.2 Å². The third-order valence-corrected chi connectivity index (χ3v) is 5.72. The van der Waals surface area contributed by atoms with Crippen molar-refractivity contribution in [3.63, 3.8) is 0 Å². The number of benzene rings is 1. The lowest BCUT2D eigenvalue weighted by Gasteiger charge is -2.23. The van der Waals surface area contributed by atoms with Gasteiger partial charge in [0.2, 0.25) is 10.0 Å². The number of nitrogens with one attached hydrogen (secondary N) is 1. The number of sulfonamides is 1. The summed E-state index contributed by atoms with van der Waals surface area (Å²) in [6.45, 7) is 3.42. The third kappa shape index (κ3) is 4.19. The molecule has 1 aromatic carbocycles. The molecule has 0 radical (unpaired) electrons. The monoisotopic (exact) mass is 350 g/mol. The molecule has 1 aliphatic rings. The highest BCUT2D eigenvalue weighted by Crippen LogP contribution is 2.28. The summed E-state index contributed by atoms with van der Waals surface area (Å²) in [5.74, 6) is -0.0625. The van der Waals surface area contributed by atoms with Crippen LogP contribution in [0.5, 0.6) is 0 Å². The van der Waals surface area contributed by atoms with E-state index in [1.54, 1.807) is 13.8 Å². The highest BCUT2D eigenvalue weighted by Gasteiger charge is 2.28. The lowest BCUT2D eigenvalue weighted by molar-refractivity contribution is 0.405. The van der Waals surface area contributed by atoms with Crippen LogP contribution in [0.25, 0.3) is 0 Å². The highest BCUT2D eigenvalue weighted by atomic mass is 35.5. The van der Waals surface area contributed by atoms with Gasteiger partial charge in [-0.05, 0) is 55.9 Å². The molecule has 1 saturated carbocycles. The van der Waals surface area contributed by atoms with E-state index in [4.69, 9.17) is 5.73 Å². The zero-order valence-corrected chi connectivity index (χ0v) is 14.6. The first-order chi connectivity index (χ1) is 9.85. The summed E-state index contributed by atoms with van der Waals surface area (Å²) in [6, 6.07) is 2.49. The van der Waals surface area contributed by atoms with Crippen molar-refractivity contribution in [1.29, 1.82) is 0 Å². The Balaban J connectivity index is 0.00000242. The molecule has 7 heteroatoms. The summed E-state index contributed by atoms with van der Waals surface area (Å²) < 4.78 is 41.3. The van der Waals surface area contributed by atoms with Crippen LogP contribution in [0.3, 0.4) is 0 Å². The molecule has 126 valence electrons. The van der Waals surface area contributed by atoms with E-state index in [1.807, 2.05) is 0 Å². The van der Waals surface area contributed by atoms with Crippen LogP contribution in [-0.4, -0.2) is 21.0 Å². The molecule has 2 rings (SSSR count). The summed E-state index contributed by atoms with van der Waals surface area (Å²) in [7, 11) is -3.67. The standard InChI is InChI=1S/C15H23FN2O2S.ClH/c1-10-7-13(8-11(2)15(10)16)21(19,20)18-14(9-17)12-5-3-4-6-12;/h7-8,12,14,18H,3-6,9,17H2,1-2H3;1H. The largest absolute Gasteiger partial charge is 0.329 e. The molecular weight excluding hydrogens is 327 g/mol. The second-order valence-electron chi connectivity index (χ2n) is 5.88. The Bertz CT molecular complexity index is 593. The number of halogens is 2. The van der Waals surface area contributed by atoms with Gasteiger partial charge in [0.15, 0.2) is 0 Å². The van der Waals surface area contributed by atoms with Crippen LogP contribution >= 0.6 is 12.4 Å². The predicted octanol–water partition coefficient (Wildman–Crippen LogP) is 2.66. The van der Waals surface area contributed by atoms with Gasteiger partial charge in [-0.3, -0.25) is 0 Å². The summed E-state index contributed by atoms with van der Waals surface area (Å²) in [5.41, 5.74) is 6.40. The first-order valence-electron chi connectivity index (χ1n) is 7.34. The minimum Gasteiger partial charge on any atom is -0.329 e. The minimum absolute atomic E-state index is 0. The molecule has 0 spiro atoms. The molecule has 0 saturated heterocycles. The first kappa shape index (κ1) is 19.4. The molecule has 0 aromatic heterocycles. The quantitative estimate of drug-likeness (QED) is 0.857. The van der Waals surface area contributed by atoms with Gasteiger partial charge >= 0.3 is 0 Å². The van der Waals surface area contributed by atoms with E-state index in [9.17, 15) is 12.8 Å². The summed E-state index contributed by atoms with van der Waals surface area (Å²) >= 11 is 0. The van der Waals surface area contributed by atoms with Gasteiger partial charge in [0.1, 0.15) is 5.82 Å². The van der Waals surface area contributed by atoms with E-state index < -0.39 is 10.0 Å². The van der Waals surface area contributed by atoms with Gasteiger partial charge in [-0.2, -0.15) is 0 Å². The van der Waals surface area contributed by atoms with Gasteiger partial charge in [0, 0.05) is 12.6 Å². The molecule has 0 bridgehead atoms. The SMILES string of the molecule is Cc1cc(S(=O)(=O)NC(CN)C2CCCC2)cc(C)c1F.Cl. The molecule has 0 heterocycles. The van der Waals surface area contributed by atoms with E-state index in [0.29, 0.717) is 17.0 Å². The normalized spacial score (nSPS) is 17.3. The van der Waals surface area contributed by atoms with Gasteiger partial charge in [-0.15, -0.1) is 12.4 Å². The average molecular weight is 351 g/mol. The Morgan fingerprint density at radius 2 is 1.77 bits per heavy atom. The van der Waals surface area contributed by atoms with Crippen LogP contribution in [0.2, 0.25) is 0 Å². The fraction of sp³-hybridized carbons (Fsp3) is 0.600. The van der Waals surface area contributed by atoms with Crippen LogP contribution in [0.15, 0.2) is 17.0 Å². The number of aryl methyl sites for hydroxylation is 2. The number of hydrogen-bond acceptors (Lipinski definition) is 3. The second-order valence-corrected chi connectivity index (χ2v) is 7.59. The number of hydrogen-bond donors (Lipinski definition) is 2. The van der Waals surface area contributed by atoms with E-state index in [0.717, 1.165) is 25.7 Å². The van der Waals surface area contributed by atoms with Crippen molar-refractivity contribution in [3.8, 4) is 0 Å². The molecular formula is C15H24ClFN2O2S. The van der Waals surface area contributed by atoms with Crippen LogP contribution in [0, 0.1) is 25.6 Å². The molecule has 1 atom stereocenters. The Morgan fingerprint density at radius 3 is 2.23 bits per heavy atom. The Kier molecular flexibility index (Phi) is 6.80. The molecule has 3 N–H and O–H groups in total. The van der Waals surface area contributed by atoms with Gasteiger partial charge in [0.25, 0.3) is 0 Å². The maximum atomic E-state index is 13.6. The Hall–Kier alpha value is -0.690. The van der Waals surface area contributed by atoms with E-state index in [2.05, 4.69) is 4.72 Å². The highest BCUT2D eigenvalue weighted by molar-refractivity contribution is 7.89. The van der Waals surface area contributed by atoms with Crippen molar-refractivity contribution in [1.82, 2.24) is 4.72 Å². The van der Waals surface area contributed by atoms with E-state index in [-0.39, 0.29) is 35.7 Å². The smallest absolute Gasteiger partial charge is 0.240 e. The van der Waals surface area contributed by atoms with E-state index in [1.165, 1.54) is 12.1 Å².